The zero-order valence-electron chi connectivity index (χ0n) is 8.57. The van der Waals surface area contributed by atoms with Crippen LogP contribution in [0.3, 0.4) is 0 Å². The molecule has 0 saturated carbocycles. The van der Waals surface area contributed by atoms with E-state index in [4.69, 9.17) is 21.1 Å². The standard InChI is InChI=1S/C10H10ClNO3S/c1-2-7-3-8(5-12)9(6-13)4-10(7)16(11,14)15/h3-4,13H,2,6H2,1H3. The van der Waals surface area contributed by atoms with Gasteiger partial charge in [0.05, 0.1) is 23.1 Å². The van der Waals surface area contributed by atoms with Gasteiger partial charge in [-0.05, 0) is 29.7 Å². The van der Waals surface area contributed by atoms with E-state index in [-0.39, 0.29) is 16.0 Å². The molecule has 0 radical (unpaired) electrons. The van der Waals surface area contributed by atoms with Crippen LogP contribution in [0.4, 0.5) is 0 Å². The Balaban J connectivity index is 3.58. The minimum Gasteiger partial charge on any atom is -0.392 e. The third-order valence-electron chi connectivity index (χ3n) is 2.22. The van der Waals surface area contributed by atoms with Crippen molar-refractivity contribution in [2.75, 3.05) is 0 Å². The first-order chi connectivity index (χ1) is 7.43. The highest BCUT2D eigenvalue weighted by atomic mass is 35.7. The van der Waals surface area contributed by atoms with Gasteiger partial charge in [-0.1, -0.05) is 6.92 Å². The number of hydrogen-bond donors (Lipinski definition) is 1. The molecule has 4 nitrogen and oxygen atoms in total. The molecular weight excluding hydrogens is 250 g/mol. The molecule has 0 aliphatic carbocycles. The topological polar surface area (TPSA) is 78.2 Å². The Morgan fingerprint density at radius 1 is 1.44 bits per heavy atom. The molecule has 0 bridgehead atoms. The second kappa shape index (κ2) is 4.83. The first-order valence-corrected chi connectivity index (χ1v) is 6.86. The van der Waals surface area contributed by atoms with Gasteiger partial charge in [0.2, 0.25) is 0 Å². The van der Waals surface area contributed by atoms with E-state index in [1.807, 2.05) is 6.07 Å². The predicted molar refractivity (Wildman–Crippen MR) is 59.5 cm³/mol. The fourth-order valence-corrected chi connectivity index (χ4v) is 2.64. The lowest BCUT2D eigenvalue weighted by Gasteiger charge is -2.08. The molecule has 0 unspecified atom stereocenters. The van der Waals surface area contributed by atoms with Gasteiger partial charge in [0.25, 0.3) is 9.05 Å². The molecular formula is C10H10ClNO3S. The van der Waals surface area contributed by atoms with E-state index in [9.17, 15) is 8.42 Å². The van der Waals surface area contributed by atoms with Gasteiger partial charge in [-0.2, -0.15) is 5.26 Å². The van der Waals surface area contributed by atoms with Gasteiger partial charge in [-0.25, -0.2) is 8.42 Å². The maximum Gasteiger partial charge on any atom is 0.261 e. The molecule has 0 atom stereocenters. The lowest BCUT2D eigenvalue weighted by atomic mass is 10.0. The molecule has 0 aliphatic heterocycles. The largest absolute Gasteiger partial charge is 0.392 e. The average molecular weight is 260 g/mol. The van der Waals surface area contributed by atoms with Crippen LogP contribution in [-0.4, -0.2) is 13.5 Å². The Hall–Kier alpha value is -1.09. The van der Waals surface area contributed by atoms with Crippen LogP contribution in [0.25, 0.3) is 0 Å². The number of hydrogen-bond acceptors (Lipinski definition) is 4. The summed E-state index contributed by atoms with van der Waals surface area (Å²) < 4.78 is 22.6. The fraction of sp³-hybridized carbons (Fsp3) is 0.300. The van der Waals surface area contributed by atoms with Crippen LogP contribution in [-0.2, 0) is 22.1 Å². The van der Waals surface area contributed by atoms with Crippen molar-refractivity contribution in [2.24, 2.45) is 0 Å². The quantitative estimate of drug-likeness (QED) is 0.835. The van der Waals surface area contributed by atoms with E-state index in [2.05, 4.69) is 0 Å². The third-order valence-corrected chi connectivity index (χ3v) is 3.62. The summed E-state index contributed by atoms with van der Waals surface area (Å²) in [6, 6.07) is 4.60. The number of aliphatic hydroxyl groups is 1. The Morgan fingerprint density at radius 3 is 2.44 bits per heavy atom. The predicted octanol–water partition coefficient (Wildman–Crippen LogP) is 1.54. The zero-order valence-corrected chi connectivity index (χ0v) is 10.1. The van der Waals surface area contributed by atoms with E-state index in [0.29, 0.717) is 12.0 Å². The summed E-state index contributed by atoms with van der Waals surface area (Å²) in [6.07, 6.45) is 0.446. The summed E-state index contributed by atoms with van der Waals surface area (Å²) in [5.74, 6) is 0. The van der Waals surface area contributed by atoms with Crippen molar-refractivity contribution in [2.45, 2.75) is 24.8 Å². The number of rotatable bonds is 3. The first kappa shape index (κ1) is 13.0. The van der Waals surface area contributed by atoms with Crippen LogP contribution in [0.5, 0.6) is 0 Å². The highest BCUT2D eigenvalue weighted by Crippen LogP contribution is 2.24. The van der Waals surface area contributed by atoms with Gasteiger partial charge < -0.3 is 5.11 Å². The summed E-state index contributed by atoms with van der Waals surface area (Å²) in [6.45, 7) is 1.37. The molecule has 16 heavy (non-hydrogen) atoms. The number of aryl methyl sites for hydroxylation is 1. The van der Waals surface area contributed by atoms with Crippen molar-refractivity contribution in [1.29, 1.82) is 5.26 Å². The smallest absolute Gasteiger partial charge is 0.261 e. The van der Waals surface area contributed by atoms with Crippen molar-refractivity contribution >= 4 is 19.7 Å². The monoisotopic (exact) mass is 259 g/mol. The molecule has 1 N–H and O–H groups in total. The van der Waals surface area contributed by atoms with Gasteiger partial charge in [-0.3, -0.25) is 0 Å². The molecule has 86 valence electrons. The summed E-state index contributed by atoms with van der Waals surface area (Å²) in [5, 5.41) is 17.8. The summed E-state index contributed by atoms with van der Waals surface area (Å²) >= 11 is 0. The number of halogens is 1. The Kier molecular flexibility index (Phi) is 3.92. The van der Waals surface area contributed by atoms with Crippen LogP contribution in [0, 0.1) is 11.3 Å². The lowest BCUT2D eigenvalue weighted by molar-refractivity contribution is 0.281. The van der Waals surface area contributed by atoms with Crippen molar-refractivity contribution in [3.05, 3.63) is 28.8 Å². The van der Waals surface area contributed by atoms with Gasteiger partial charge in [-0.15, -0.1) is 0 Å². The summed E-state index contributed by atoms with van der Waals surface area (Å²) in [5.41, 5.74) is 1.01. The Bertz CT molecular complexity index is 546. The van der Waals surface area contributed by atoms with Crippen LogP contribution >= 0.6 is 10.7 Å². The molecule has 0 fully saturated rings. The normalized spacial score (nSPS) is 11.1. The van der Waals surface area contributed by atoms with E-state index >= 15 is 0 Å². The summed E-state index contributed by atoms with van der Waals surface area (Å²) in [4.78, 5) is -0.0419. The molecule has 1 aromatic rings. The van der Waals surface area contributed by atoms with Gasteiger partial charge in [0.1, 0.15) is 0 Å². The first-order valence-electron chi connectivity index (χ1n) is 4.55. The molecule has 1 aromatic carbocycles. The second-order valence-corrected chi connectivity index (χ2v) is 5.71. The lowest BCUT2D eigenvalue weighted by Crippen LogP contribution is -2.01. The number of nitriles is 1. The fourth-order valence-electron chi connectivity index (χ4n) is 1.40. The Labute approximate surface area is 98.5 Å². The van der Waals surface area contributed by atoms with Crippen LogP contribution in [0.1, 0.15) is 23.6 Å². The second-order valence-electron chi connectivity index (χ2n) is 3.18. The van der Waals surface area contributed by atoms with Crippen LogP contribution in [0.2, 0.25) is 0 Å². The van der Waals surface area contributed by atoms with E-state index in [0.717, 1.165) is 0 Å². The molecule has 0 spiro atoms. The maximum absolute atomic E-state index is 11.3. The van der Waals surface area contributed by atoms with Crippen molar-refractivity contribution < 1.29 is 13.5 Å². The molecule has 6 heteroatoms. The molecule has 0 heterocycles. The molecule has 0 amide bonds. The summed E-state index contributed by atoms with van der Waals surface area (Å²) in [7, 11) is 1.42. The molecule has 1 rings (SSSR count). The minimum atomic E-state index is -3.85. The maximum atomic E-state index is 11.3. The van der Waals surface area contributed by atoms with E-state index in [1.165, 1.54) is 12.1 Å². The van der Waals surface area contributed by atoms with E-state index in [1.54, 1.807) is 6.92 Å². The minimum absolute atomic E-state index is 0.0419. The number of aliphatic hydroxyl groups excluding tert-OH is 1. The van der Waals surface area contributed by atoms with Gasteiger partial charge >= 0.3 is 0 Å². The molecule has 0 aromatic heterocycles. The molecule has 0 aliphatic rings. The van der Waals surface area contributed by atoms with Crippen molar-refractivity contribution in [3.8, 4) is 6.07 Å². The SMILES string of the molecule is CCc1cc(C#N)c(CO)cc1S(=O)(=O)Cl. The van der Waals surface area contributed by atoms with Crippen LogP contribution < -0.4 is 0 Å². The van der Waals surface area contributed by atoms with Crippen molar-refractivity contribution in [3.63, 3.8) is 0 Å². The zero-order chi connectivity index (χ0) is 12.3. The highest BCUT2D eigenvalue weighted by Gasteiger charge is 2.17. The van der Waals surface area contributed by atoms with Gasteiger partial charge in [0.15, 0.2) is 0 Å². The Morgan fingerprint density at radius 2 is 2.06 bits per heavy atom. The van der Waals surface area contributed by atoms with Crippen LogP contribution in [0.15, 0.2) is 17.0 Å². The van der Waals surface area contributed by atoms with Crippen molar-refractivity contribution in [1.82, 2.24) is 0 Å². The van der Waals surface area contributed by atoms with Gasteiger partial charge in [0, 0.05) is 10.7 Å². The van der Waals surface area contributed by atoms with E-state index < -0.39 is 15.7 Å². The third kappa shape index (κ3) is 2.53. The molecule has 0 saturated heterocycles. The number of benzene rings is 1. The number of nitrogens with zero attached hydrogens (tertiary/aromatic N) is 1. The average Bonchev–Trinajstić information content (AvgIpc) is 2.25. The highest BCUT2D eigenvalue weighted by molar-refractivity contribution is 8.13.